The SMILES string of the molecule is CCCCCC(=O)NC(C(N)=O)c1ccc(Cl)cc1. The summed E-state index contributed by atoms with van der Waals surface area (Å²) >= 11 is 5.78. The molecule has 0 aliphatic rings. The van der Waals surface area contributed by atoms with E-state index in [0.29, 0.717) is 17.0 Å². The standard InChI is InChI=1S/C14H19ClN2O2/c1-2-3-4-5-12(18)17-13(14(16)19)10-6-8-11(15)9-7-10/h6-9,13H,2-5H2,1H3,(H2,16,19)(H,17,18). The van der Waals surface area contributed by atoms with Crippen LogP contribution in [-0.4, -0.2) is 11.8 Å². The second-order valence-electron chi connectivity index (χ2n) is 4.41. The number of hydrogen-bond donors (Lipinski definition) is 2. The Labute approximate surface area is 118 Å². The molecule has 1 aromatic carbocycles. The fraction of sp³-hybridized carbons (Fsp3) is 0.429. The van der Waals surface area contributed by atoms with Crippen molar-refractivity contribution in [3.05, 3.63) is 34.9 Å². The number of halogens is 1. The molecule has 0 fully saturated rings. The van der Waals surface area contributed by atoms with Gasteiger partial charge in [-0.15, -0.1) is 0 Å². The van der Waals surface area contributed by atoms with Crippen LogP contribution in [0.25, 0.3) is 0 Å². The Morgan fingerprint density at radius 2 is 1.89 bits per heavy atom. The van der Waals surface area contributed by atoms with Crippen LogP contribution in [-0.2, 0) is 9.59 Å². The van der Waals surface area contributed by atoms with Crippen LogP contribution < -0.4 is 11.1 Å². The van der Waals surface area contributed by atoms with Gasteiger partial charge < -0.3 is 11.1 Å². The minimum atomic E-state index is -0.800. The smallest absolute Gasteiger partial charge is 0.244 e. The normalized spacial score (nSPS) is 11.9. The number of rotatable bonds is 7. The largest absolute Gasteiger partial charge is 0.368 e. The highest BCUT2D eigenvalue weighted by molar-refractivity contribution is 6.30. The molecule has 19 heavy (non-hydrogen) atoms. The van der Waals surface area contributed by atoms with Gasteiger partial charge in [-0.3, -0.25) is 9.59 Å². The van der Waals surface area contributed by atoms with Crippen molar-refractivity contribution in [1.82, 2.24) is 5.32 Å². The van der Waals surface area contributed by atoms with Gasteiger partial charge in [-0.2, -0.15) is 0 Å². The van der Waals surface area contributed by atoms with Crippen molar-refractivity contribution >= 4 is 23.4 Å². The van der Waals surface area contributed by atoms with E-state index >= 15 is 0 Å². The molecule has 0 saturated carbocycles. The van der Waals surface area contributed by atoms with Gasteiger partial charge in [-0.25, -0.2) is 0 Å². The van der Waals surface area contributed by atoms with Crippen molar-refractivity contribution < 1.29 is 9.59 Å². The zero-order chi connectivity index (χ0) is 14.3. The first-order chi connectivity index (χ1) is 9.04. The number of nitrogens with two attached hydrogens (primary N) is 1. The highest BCUT2D eigenvalue weighted by Gasteiger charge is 2.19. The minimum absolute atomic E-state index is 0.160. The summed E-state index contributed by atoms with van der Waals surface area (Å²) in [6.45, 7) is 2.07. The summed E-state index contributed by atoms with van der Waals surface area (Å²) in [5, 5.41) is 3.23. The highest BCUT2D eigenvalue weighted by atomic mass is 35.5. The molecular formula is C14H19ClN2O2. The van der Waals surface area contributed by atoms with E-state index in [1.165, 1.54) is 0 Å². The molecule has 3 N–H and O–H groups in total. The van der Waals surface area contributed by atoms with Crippen molar-refractivity contribution in [1.29, 1.82) is 0 Å². The van der Waals surface area contributed by atoms with E-state index in [0.717, 1.165) is 19.3 Å². The van der Waals surface area contributed by atoms with Crippen molar-refractivity contribution in [3.63, 3.8) is 0 Å². The monoisotopic (exact) mass is 282 g/mol. The highest BCUT2D eigenvalue weighted by Crippen LogP contribution is 2.16. The average Bonchev–Trinajstić information content (AvgIpc) is 2.37. The van der Waals surface area contributed by atoms with E-state index in [1.54, 1.807) is 24.3 Å². The van der Waals surface area contributed by atoms with Crippen LogP contribution in [0.3, 0.4) is 0 Å². The number of hydrogen-bond acceptors (Lipinski definition) is 2. The fourth-order valence-electron chi connectivity index (χ4n) is 1.74. The van der Waals surface area contributed by atoms with Crippen LogP contribution in [0.1, 0.15) is 44.2 Å². The van der Waals surface area contributed by atoms with Gasteiger partial charge in [0.15, 0.2) is 0 Å². The molecule has 0 aliphatic heterocycles. The lowest BCUT2D eigenvalue weighted by molar-refractivity contribution is -0.127. The van der Waals surface area contributed by atoms with E-state index in [2.05, 4.69) is 12.2 Å². The molecule has 0 saturated heterocycles. The quantitative estimate of drug-likeness (QED) is 0.755. The third-order valence-electron chi connectivity index (χ3n) is 2.80. The third kappa shape index (κ3) is 5.30. The molecule has 0 radical (unpaired) electrons. The van der Waals surface area contributed by atoms with Gasteiger partial charge in [0.25, 0.3) is 0 Å². The topological polar surface area (TPSA) is 72.2 Å². The van der Waals surface area contributed by atoms with Gasteiger partial charge in [-0.1, -0.05) is 43.5 Å². The number of unbranched alkanes of at least 4 members (excludes halogenated alkanes) is 2. The summed E-state index contributed by atoms with van der Waals surface area (Å²) < 4.78 is 0. The lowest BCUT2D eigenvalue weighted by atomic mass is 10.1. The minimum Gasteiger partial charge on any atom is -0.368 e. The van der Waals surface area contributed by atoms with Crippen LogP contribution in [0.2, 0.25) is 5.02 Å². The Bertz CT molecular complexity index is 432. The molecule has 104 valence electrons. The Morgan fingerprint density at radius 3 is 2.42 bits per heavy atom. The molecule has 1 unspecified atom stereocenters. The van der Waals surface area contributed by atoms with Crippen molar-refractivity contribution in [2.75, 3.05) is 0 Å². The van der Waals surface area contributed by atoms with Crippen molar-refractivity contribution in [3.8, 4) is 0 Å². The van der Waals surface area contributed by atoms with Crippen LogP contribution in [0.4, 0.5) is 0 Å². The molecule has 0 heterocycles. The lowest BCUT2D eigenvalue weighted by Gasteiger charge is -2.16. The molecule has 1 rings (SSSR count). The number of benzene rings is 1. The Hall–Kier alpha value is -1.55. The number of primary amides is 1. The first-order valence-corrected chi connectivity index (χ1v) is 6.76. The molecule has 1 aromatic rings. The van der Waals surface area contributed by atoms with E-state index in [-0.39, 0.29) is 5.91 Å². The number of carbonyl (C=O) groups is 2. The maximum atomic E-state index is 11.7. The molecule has 2 amide bonds. The van der Waals surface area contributed by atoms with Gasteiger partial charge in [0, 0.05) is 11.4 Å². The predicted molar refractivity (Wildman–Crippen MR) is 75.7 cm³/mol. The Kier molecular flexibility index (Phi) is 6.36. The molecule has 1 atom stereocenters. The zero-order valence-corrected chi connectivity index (χ0v) is 11.7. The summed E-state index contributed by atoms with van der Waals surface area (Å²) in [7, 11) is 0. The summed E-state index contributed by atoms with van der Waals surface area (Å²) in [4.78, 5) is 23.2. The van der Waals surface area contributed by atoms with Gasteiger partial charge in [-0.05, 0) is 24.1 Å². The van der Waals surface area contributed by atoms with E-state index in [4.69, 9.17) is 17.3 Å². The zero-order valence-electron chi connectivity index (χ0n) is 11.0. The van der Waals surface area contributed by atoms with Gasteiger partial charge in [0.2, 0.25) is 11.8 Å². The van der Waals surface area contributed by atoms with Crippen LogP contribution in [0.15, 0.2) is 24.3 Å². The van der Waals surface area contributed by atoms with Crippen molar-refractivity contribution in [2.24, 2.45) is 5.73 Å². The number of amides is 2. The van der Waals surface area contributed by atoms with E-state index in [9.17, 15) is 9.59 Å². The van der Waals surface area contributed by atoms with Gasteiger partial charge >= 0.3 is 0 Å². The third-order valence-corrected chi connectivity index (χ3v) is 3.05. The summed E-state index contributed by atoms with van der Waals surface area (Å²) in [5.74, 6) is -0.738. The van der Waals surface area contributed by atoms with E-state index < -0.39 is 11.9 Å². The lowest BCUT2D eigenvalue weighted by Crippen LogP contribution is -2.37. The maximum Gasteiger partial charge on any atom is 0.244 e. The number of nitrogens with one attached hydrogen (secondary N) is 1. The Morgan fingerprint density at radius 1 is 1.26 bits per heavy atom. The molecule has 0 aromatic heterocycles. The molecular weight excluding hydrogens is 264 g/mol. The fourth-order valence-corrected chi connectivity index (χ4v) is 1.87. The first kappa shape index (κ1) is 15.5. The van der Waals surface area contributed by atoms with E-state index in [1.807, 2.05) is 0 Å². The number of carbonyl (C=O) groups excluding carboxylic acids is 2. The predicted octanol–water partition coefficient (Wildman–Crippen LogP) is 2.56. The molecule has 0 bridgehead atoms. The second-order valence-corrected chi connectivity index (χ2v) is 4.85. The Balaban J connectivity index is 2.65. The second kappa shape index (κ2) is 7.79. The molecule has 4 nitrogen and oxygen atoms in total. The summed E-state index contributed by atoms with van der Waals surface area (Å²) in [6, 6.07) is 5.90. The molecule has 5 heteroatoms. The maximum absolute atomic E-state index is 11.7. The summed E-state index contributed by atoms with van der Waals surface area (Å²) in [5.41, 5.74) is 5.96. The van der Waals surface area contributed by atoms with Crippen LogP contribution in [0.5, 0.6) is 0 Å². The summed E-state index contributed by atoms with van der Waals surface area (Å²) in [6.07, 6.45) is 3.26. The molecule has 0 spiro atoms. The average molecular weight is 283 g/mol. The van der Waals surface area contributed by atoms with Gasteiger partial charge in [0.05, 0.1) is 0 Å². The van der Waals surface area contributed by atoms with Crippen LogP contribution >= 0.6 is 11.6 Å². The first-order valence-electron chi connectivity index (χ1n) is 6.38. The molecule has 0 aliphatic carbocycles. The van der Waals surface area contributed by atoms with Crippen molar-refractivity contribution in [2.45, 2.75) is 38.6 Å². The van der Waals surface area contributed by atoms with Crippen LogP contribution in [0, 0.1) is 0 Å². The van der Waals surface area contributed by atoms with Gasteiger partial charge in [0.1, 0.15) is 6.04 Å².